The van der Waals surface area contributed by atoms with E-state index >= 15 is 0 Å². The van der Waals surface area contributed by atoms with Crippen LogP contribution in [0.15, 0.2) is 0 Å². The molecule has 0 spiro atoms. The second-order valence-electron chi connectivity index (χ2n) is 5.61. The molecular formula is C13H27N3O. The lowest BCUT2D eigenvalue weighted by molar-refractivity contribution is -0.0531. The van der Waals surface area contributed by atoms with Crippen molar-refractivity contribution in [2.45, 2.75) is 44.9 Å². The highest BCUT2D eigenvalue weighted by Crippen LogP contribution is 2.18. The van der Waals surface area contributed by atoms with Crippen molar-refractivity contribution in [3.8, 4) is 0 Å². The molecule has 2 unspecified atom stereocenters. The zero-order valence-electron chi connectivity index (χ0n) is 11.3. The first-order valence-electron chi connectivity index (χ1n) is 7.00. The van der Waals surface area contributed by atoms with Crippen molar-refractivity contribution in [3.63, 3.8) is 0 Å². The van der Waals surface area contributed by atoms with E-state index in [2.05, 4.69) is 23.6 Å². The SMILES string of the molecule is CC(C)N1CCOC(CN2CCCC2CN)C1. The van der Waals surface area contributed by atoms with Crippen LogP contribution in [-0.2, 0) is 4.74 Å². The normalized spacial score (nSPS) is 32.5. The molecule has 2 aliphatic rings. The number of nitrogens with zero attached hydrogens (tertiary/aromatic N) is 2. The fourth-order valence-electron chi connectivity index (χ4n) is 2.99. The zero-order chi connectivity index (χ0) is 12.3. The van der Waals surface area contributed by atoms with Crippen LogP contribution >= 0.6 is 0 Å². The molecule has 2 N–H and O–H groups in total. The van der Waals surface area contributed by atoms with Gasteiger partial charge < -0.3 is 10.5 Å². The van der Waals surface area contributed by atoms with Crippen LogP contribution in [0.2, 0.25) is 0 Å². The van der Waals surface area contributed by atoms with Gasteiger partial charge in [-0.25, -0.2) is 0 Å². The molecule has 2 atom stereocenters. The summed E-state index contributed by atoms with van der Waals surface area (Å²) in [5.41, 5.74) is 5.81. The van der Waals surface area contributed by atoms with Crippen molar-refractivity contribution in [2.75, 3.05) is 39.3 Å². The summed E-state index contributed by atoms with van der Waals surface area (Å²) in [5.74, 6) is 0. The summed E-state index contributed by atoms with van der Waals surface area (Å²) in [6, 6.07) is 1.22. The lowest BCUT2D eigenvalue weighted by atomic mass is 10.2. The van der Waals surface area contributed by atoms with Gasteiger partial charge in [-0.1, -0.05) is 0 Å². The van der Waals surface area contributed by atoms with Crippen molar-refractivity contribution >= 4 is 0 Å². The maximum atomic E-state index is 5.89. The summed E-state index contributed by atoms with van der Waals surface area (Å²) in [6.07, 6.45) is 2.93. The van der Waals surface area contributed by atoms with E-state index in [4.69, 9.17) is 10.5 Å². The number of nitrogens with two attached hydrogens (primary N) is 1. The zero-order valence-corrected chi connectivity index (χ0v) is 11.3. The van der Waals surface area contributed by atoms with Gasteiger partial charge in [0.25, 0.3) is 0 Å². The highest BCUT2D eigenvalue weighted by molar-refractivity contribution is 4.84. The Labute approximate surface area is 105 Å². The molecule has 4 nitrogen and oxygen atoms in total. The maximum absolute atomic E-state index is 5.89. The summed E-state index contributed by atoms with van der Waals surface area (Å²) in [5, 5.41) is 0. The van der Waals surface area contributed by atoms with E-state index in [1.165, 1.54) is 19.4 Å². The maximum Gasteiger partial charge on any atom is 0.0829 e. The largest absolute Gasteiger partial charge is 0.374 e. The van der Waals surface area contributed by atoms with Gasteiger partial charge >= 0.3 is 0 Å². The molecule has 0 radical (unpaired) electrons. The number of likely N-dealkylation sites (tertiary alicyclic amines) is 1. The first kappa shape index (κ1) is 13.3. The predicted molar refractivity (Wildman–Crippen MR) is 70.1 cm³/mol. The van der Waals surface area contributed by atoms with Crippen LogP contribution in [0.4, 0.5) is 0 Å². The Bertz CT molecular complexity index is 235. The van der Waals surface area contributed by atoms with Gasteiger partial charge in [-0.05, 0) is 33.2 Å². The minimum atomic E-state index is 0.373. The van der Waals surface area contributed by atoms with E-state index in [1.807, 2.05) is 0 Å². The van der Waals surface area contributed by atoms with Crippen molar-refractivity contribution in [1.82, 2.24) is 9.80 Å². The molecule has 2 heterocycles. The van der Waals surface area contributed by atoms with Crippen molar-refractivity contribution in [1.29, 1.82) is 0 Å². The Hall–Kier alpha value is -0.160. The van der Waals surface area contributed by atoms with Gasteiger partial charge in [0, 0.05) is 38.3 Å². The van der Waals surface area contributed by atoms with E-state index in [9.17, 15) is 0 Å². The highest BCUT2D eigenvalue weighted by Gasteiger charge is 2.29. The smallest absolute Gasteiger partial charge is 0.0829 e. The van der Waals surface area contributed by atoms with Gasteiger partial charge in [0.1, 0.15) is 0 Å². The summed E-state index contributed by atoms with van der Waals surface area (Å²) in [4.78, 5) is 5.04. The molecule has 0 aliphatic carbocycles. The molecule has 100 valence electrons. The molecule has 0 aromatic carbocycles. The van der Waals surface area contributed by atoms with Crippen molar-refractivity contribution in [2.24, 2.45) is 5.73 Å². The highest BCUT2D eigenvalue weighted by atomic mass is 16.5. The van der Waals surface area contributed by atoms with Crippen LogP contribution in [0.3, 0.4) is 0 Å². The molecule has 2 rings (SSSR count). The number of hydrogen-bond donors (Lipinski definition) is 1. The lowest BCUT2D eigenvalue weighted by Gasteiger charge is -2.38. The lowest BCUT2D eigenvalue weighted by Crippen LogP contribution is -2.51. The van der Waals surface area contributed by atoms with Crippen LogP contribution in [0.1, 0.15) is 26.7 Å². The van der Waals surface area contributed by atoms with E-state index in [1.54, 1.807) is 0 Å². The van der Waals surface area contributed by atoms with Gasteiger partial charge in [0.15, 0.2) is 0 Å². The Kier molecular flexibility index (Phi) is 4.79. The van der Waals surface area contributed by atoms with Crippen molar-refractivity contribution < 1.29 is 4.74 Å². The summed E-state index contributed by atoms with van der Waals surface area (Å²) >= 11 is 0. The molecule has 0 amide bonds. The van der Waals surface area contributed by atoms with E-state index in [-0.39, 0.29) is 0 Å². The number of rotatable bonds is 4. The van der Waals surface area contributed by atoms with E-state index in [0.717, 1.165) is 32.8 Å². The fourth-order valence-corrected chi connectivity index (χ4v) is 2.99. The van der Waals surface area contributed by atoms with Gasteiger partial charge in [0.2, 0.25) is 0 Å². The molecule has 0 aromatic rings. The van der Waals surface area contributed by atoms with Crippen LogP contribution in [-0.4, -0.2) is 67.3 Å². The fraction of sp³-hybridized carbons (Fsp3) is 1.00. The van der Waals surface area contributed by atoms with Crippen LogP contribution in [0.25, 0.3) is 0 Å². The topological polar surface area (TPSA) is 41.7 Å². The molecule has 2 aliphatic heterocycles. The van der Waals surface area contributed by atoms with Gasteiger partial charge in [-0.2, -0.15) is 0 Å². The standard InChI is InChI=1S/C13H27N3O/c1-11(2)15-6-7-17-13(9-15)10-16-5-3-4-12(16)8-14/h11-13H,3-10,14H2,1-2H3. The van der Waals surface area contributed by atoms with E-state index in [0.29, 0.717) is 18.2 Å². The third kappa shape index (κ3) is 3.41. The summed E-state index contributed by atoms with van der Waals surface area (Å²) < 4.78 is 5.89. The second kappa shape index (κ2) is 6.14. The Balaban J connectivity index is 1.82. The first-order chi connectivity index (χ1) is 8.20. The summed E-state index contributed by atoms with van der Waals surface area (Å²) in [7, 11) is 0. The summed E-state index contributed by atoms with van der Waals surface area (Å²) in [6.45, 7) is 10.6. The van der Waals surface area contributed by atoms with Crippen LogP contribution < -0.4 is 5.73 Å². The quantitative estimate of drug-likeness (QED) is 0.779. The third-order valence-electron chi connectivity index (χ3n) is 4.11. The first-order valence-corrected chi connectivity index (χ1v) is 7.00. The Morgan fingerprint density at radius 2 is 2.18 bits per heavy atom. The number of morpholine rings is 1. The van der Waals surface area contributed by atoms with Crippen LogP contribution in [0, 0.1) is 0 Å². The van der Waals surface area contributed by atoms with Gasteiger partial charge in [-0.3, -0.25) is 9.80 Å². The molecule has 17 heavy (non-hydrogen) atoms. The van der Waals surface area contributed by atoms with Gasteiger partial charge in [0.05, 0.1) is 12.7 Å². The minimum absolute atomic E-state index is 0.373. The number of ether oxygens (including phenoxy) is 1. The molecule has 0 bridgehead atoms. The molecule has 2 fully saturated rings. The number of hydrogen-bond acceptors (Lipinski definition) is 4. The van der Waals surface area contributed by atoms with Crippen LogP contribution in [0.5, 0.6) is 0 Å². The van der Waals surface area contributed by atoms with Gasteiger partial charge in [-0.15, -0.1) is 0 Å². The van der Waals surface area contributed by atoms with E-state index < -0.39 is 0 Å². The molecular weight excluding hydrogens is 214 g/mol. The second-order valence-corrected chi connectivity index (χ2v) is 5.61. The molecule has 4 heteroatoms. The Morgan fingerprint density at radius 3 is 2.88 bits per heavy atom. The third-order valence-corrected chi connectivity index (χ3v) is 4.11. The monoisotopic (exact) mass is 241 g/mol. The molecule has 0 aromatic heterocycles. The van der Waals surface area contributed by atoms with Crippen molar-refractivity contribution in [3.05, 3.63) is 0 Å². The average Bonchev–Trinajstić information content (AvgIpc) is 2.76. The molecule has 2 saturated heterocycles. The Morgan fingerprint density at radius 1 is 1.35 bits per heavy atom. The predicted octanol–water partition coefficient (Wildman–Crippen LogP) is 0.519. The molecule has 0 saturated carbocycles. The minimum Gasteiger partial charge on any atom is -0.374 e. The average molecular weight is 241 g/mol.